The quantitative estimate of drug-likeness (QED) is 0.869. The lowest BCUT2D eigenvalue weighted by molar-refractivity contribution is 0.00404. The number of hydrogen-bond donors (Lipinski definition) is 2. The van der Waals surface area contributed by atoms with E-state index in [9.17, 15) is 4.39 Å². The minimum Gasteiger partial charge on any atom is -0.379 e. The van der Waals surface area contributed by atoms with Crippen molar-refractivity contribution in [3.8, 4) is 0 Å². The van der Waals surface area contributed by atoms with E-state index < -0.39 is 5.82 Å². The highest BCUT2D eigenvalue weighted by molar-refractivity contribution is 6.30. The summed E-state index contributed by atoms with van der Waals surface area (Å²) in [5.74, 6) is -0.414. The van der Waals surface area contributed by atoms with E-state index in [4.69, 9.17) is 22.1 Å². The number of nitrogens with one attached hydrogen (secondary N) is 1. The Morgan fingerprint density at radius 3 is 2.78 bits per heavy atom. The van der Waals surface area contributed by atoms with Crippen molar-refractivity contribution >= 4 is 11.6 Å². The van der Waals surface area contributed by atoms with Crippen LogP contribution in [-0.4, -0.2) is 37.9 Å². The van der Waals surface area contributed by atoms with Gasteiger partial charge in [0, 0.05) is 19.6 Å². The zero-order chi connectivity index (χ0) is 13.0. The first-order valence-corrected chi connectivity index (χ1v) is 6.32. The number of halogens is 2. The van der Waals surface area contributed by atoms with Gasteiger partial charge in [0.1, 0.15) is 5.82 Å². The number of morpholine rings is 1. The molecule has 3 N–H and O–H groups in total. The first kappa shape index (κ1) is 13.7. The Bertz CT molecular complexity index is 399. The maximum absolute atomic E-state index is 13.1. The van der Waals surface area contributed by atoms with Crippen molar-refractivity contribution in [2.75, 3.05) is 32.8 Å². The standard InChI is InChI=1S/C12H17ClFN3O/c13-10-7-9(1-2-11(10)14)12(8-15)16-17-3-5-18-6-4-17/h1-2,7,12,16H,3-6,8,15H2. The molecule has 1 fully saturated rings. The molecule has 1 aliphatic rings. The molecule has 0 aromatic heterocycles. The first-order chi connectivity index (χ1) is 8.70. The Labute approximate surface area is 111 Å². The Balaban J connectivity index is 2.04. The molecule has 1 saturated heterocycles. The highest BCUT2D eigenvalue weighted by atomic mass is 35.5. The molecule has 0 saturated carbocycles. The maximum atomic E-state index is 13.1. The second kappa shape index (κ2) is 6.45. The summed E-state index contributed by atoms with van der Waals surface area (Å²) in [5, 5.41) is 2.19. The van der Waals surface area contributed by atoms with Crippen LogP contribution in [0.2, 0.25) is 5.02 Å². The van der Waals surface area contributed by atoms with Gasteiger partial charge in [0.05, 0.1) is 24.3 Å². The Hall–Kier alpha value is -0.720. The van der Waals surface area contributed by atoms with Crippen LogP contribution in [0.1, 0.15) is 11.6 Å². The summed E-state index contributed by atoms with van der Waals surface area (Å²) in [7, 11) is 0. The van der Waals surface area contributed by atoms with Gasteiger partial charge in [0.25, 0.3) is 0 Å². The van der Waals surface area contributed by atoms with Crippen LogP contribution in [0.25, 0.3) is 0 Å². The molecule has 0 spiro atoms. The predicted molar refractivity (Wildman–Crippen MR) is 68.7 cm³/mol. The van der Waals surface area contributed by atoms with Crippen molar-refractivity contribution in [3.05, 3.63) is 34.6 Å². The van der Waals surface area contributed by atoms with Gasteiger partial charge in [-0.3, -0.25) is 0 Å². The van der Waals surface area contributed by atoms with Gasteiger partial charge in [-0.2, -0.15) is 0 Å². The summed E-state index contributed by atoms with van der Waals surface area (Å²) in [4.78, 5) is 0. The Morgan fingerprint density at radius 1 is 1.44 bits per heavy atom. The summed E-state index contributed by atoms with van der Waals surface area (Å²) in [6, 6.07) is 4.61. The van der Waals surface area contributed by atoms with Crippen molar-refractivity contribution in [3.63, 3.8) is 0 Å². The van der Waals surface area contributed by atoms with Crippen LogP contribution in [0.5, 0.6) is 0 Å². The smallest absolute Gasteiger partial charge is 0.141 e. The number of ether oxygens (including phenoxy) is 1. The van der Waals surface area contributed by atoms with E-state index in [1.165, 1.54) is 6.07 Å². The predicted octanol–water partition coefficient (Wildman–Crippen LogP) is 1.32. The molecule has 1 aromatic carbocycles. The average molecular weight is 274 g/mol. The number of nitrogens with two attached hydrogens (primary N) is 1. The zero-order valence-corrected chi connectivity index (χ0v) is 10.8. The molecule has 100 valence electrons. The third-order valence-electron chi connectivity index (χ3n) is 2.93. The van der Waals surface area contributed by atoms with Crippen LogP contribution >= 0.6 is 11.6 Å². The fourth-order valence-corrected chi connectivity index (χ4v) is 2.09. The van der Waals surface area contributed by atoms with Crippen LogP contribution in [0.3, 0.4) is 0 Å². The van der Waals surface area contributed by atoms with E-state index in [0.717, 1.165) is 18.7 Å². The molecular weight excluding hydrogens is 257 g/mol. The molecule has 1 unspecified atom stereocenters. The third kappa shape index (κ3) is 3.40. The van der Waals surface area contributed by atoms with E-state index in [-0.39, 0.29) is 11.1 Å². The molecule has 0 bridgehead atoms. The van der Waals surface area contributed by atoms with E-state index in [1.54, 1.807) is 12.1 Å². The molecule has 0 amide bonds. The summed E-state index contributed by atoms with van der Waals surface area (Å²) in [6.07, 6.45) is 0. The number of hydrogen-bond acceptors (Lipinski definition) is 4. The fraction of sp³-hybridized carbons (Fsp3) is 0.500. The lowest BCUT2D eigenvalue weighted by Crippen LogP contribution is -2.48. The van der Waals surface area contributed by atoms with Crippen molar-refractivity contribution in [1.82, 2.24) is 10.4 Å². The van der Waals surface area contributed by atoms with Crippen LogP contribution in [0.4, 0.5) is 4.39 Å². The first-order valence-electron chi connectivity index (χ1n) is 5.94. The molecule has 2 rings (SSSR count). The summed E-state index contributed by atoms with van der Waals surface area (Å²) in [5.41, 5.74) is 9.95. The largest absolute Gasteiger partial charge is 0.379 e. The maximum Gasteiger partial charge on any atom is 0.141 e. The van der Waals surface area contributed by atoms with E-state index in [1.807, 2.05) is 0 Å². The second-order valence-electron chi connectivity index (χ2n) is 4.19. The van der Waals surface area contributed by atoms with E-state index in [2.05, 4.69) is 10.4 Å². The van der Waals surface area contributed by atoms with Crippen LogP contribution in [0, 0.1) is 5.82 Å². The van der Waals surface area contributed by atoms with Gasteiger partial charge in [0.2, 0.25) is 0 Å². The van der Waals surface area contributed by atoms with Gasteiger partial charge in [-0.25, -0.2) is 14.8 Å². The molecule has 1 aliphatic heterocycles. The van der Waals surface area contributed by atoms with Gasteiger partial charge >= 0.3 is 0 Å². The summed E-state index contributed by atoms with van der Waals surface area (Å²) in [6.45, 7) is 3.44. The monoisotopic (exact) mass is 273 g/mol. The fourth-order valence-electron chi connectivity index (χ4n) is 1.91. The average Bonchev–Trinajstić information content (AvgIpc) is 2.40. The second-order valence-corrected chi connectivity index (χ2v) is 4.60. The van der Waals surface area contributed by atoms with Crippen molar-refractivity contribution in [2.24, 2.45) is 5.73 Å². The summed E-state index contributed by atoms with van der Waals surface area (Å²) >= 11 is 5.78. The molecule has 0 radical (unpaired) electrons. The molecule has 18 heavy (non-hydrogen) atoms. The van der Waals surface area contributed by atoms with Gasteiger partial charge in [0.15, 0.2) is 0 Å². The topological polar surface area (TPSA) is 50.5 Å². The SMILES string of the molecule is NCC(NN1CCOCC1)c1ccc(F)c(Cl)c1. The van der Waals surface area contributed by atoms with Crippen LogP contribution in [-0.2, 0) is 4.74 Å². The number of hydrazine groups is 1. The molecule has 1 aromatic rings. The minimum atomic E-state index is -0.414. The molecule has 1 atom stereocenters. The highest BCUT2D eigenvalue weighted by Crippen LogP contribution is 2.20. The van der Waals surface area contributed by atoms with Gasteiger partial charge < -0.3 is 10.5 Å². The third-order valence-corrected chi connectivity index (χ3v) is 3.22. The van der Waals surface area contributed by atoms with Crippen molar-refractivity contribution in [1.29, 1.82) is 0 Å². The summed E-state index contributed by atoms with van der Waals surface area (Å²) < 4.78 is 18.4. The Kier molecular flexibility index (Phi) is 4.91. The molecule has 6 heteroatoms. The van der Waals surface area contributed by atoms with E-state index in [0.29, 0.717) is 19.8 Å². The molecule has 4 nitrogen and oxygen atoms in total. The molecule has 0 aliphatic carbocycles. The molecule has 1 heterocycles. The van der Waals surface area contributed by atoms with Crippen LogP contribution in [0.15, 0.2) is 18.2 Å². The Morgan fingerprint density at radius 2 is 2.17 bits per heavy atom. The lowest BCUT2D eigenvalue weighted by Gasteiger charge is -2.31. The van der Waals surface area contributed by atoms with Crippen molar-refractivity contribution < 1.29 is 9.13 Å². The van der Waals surface area contributed by atoms with Gasteiger partial charge in [-0.05, 0) is 17.7 Å². The molecular formula is C12H17ClFN3O. The highest BCUT2D eigenvalue weighted by Gasteiger charge is 2.17. The number of nitrogens with zero attached hydrogens (tertiary/aromatic N) is 1. The number of benzene rings is 1. The van der Waals surface area contributed by atoms with Gasteiger partial charge in [-0.15, -0.1) is 0 Å². The van der Waals surface area contributed by atoms with Gasteiger partial charge in [-0.1, -0.05) is 17.7 Å². The minimum absolute atomic E-state index is 0.0683. The zero-order valence-electron chi connectivity index (χ0n) is 10.0. The normalized spacial score (nSPS) is 18.8. The van der Waals surface area contributed by atoms with Crippen LogP contribution < -0.4 is 11.2 Å². The lowest BCUT2D eigenvalue weighted by atomic mass is 10.1. The van der Waals surface area contributed by atoms with Crippen molar-refractivity contribution in [2.45, 2.75) is 6.04 Å². The number of rotatable bonds is 4. The van der Waals surface area contributed by atoms with E-state index >= 15 is 0 Å².